The third-order valence-corrected chi connectivity index (χ3v) is 6.20. The Kier molecular flexibility index (Phi) is 4.70. The van der Waals surface area contributed by atoms with Gasteiger partial charge >= 0.3 is 5.69 Å². The largest absolute Gasteiger partial charge is 0.461 e. The zero-order chi connectivity index (χ0) is 24.3. The van der Waals surface area contributed by atoms with Crippen LogP contribution in [0.25, 0.3) is 28.4 Å². The topological polar surface area (TPSA) is 168 Å². The number of carbonyl (C=O) groups is 1. The molecule has 3 N–H and O–H groups in total. The average Bonchev–Trinajstić information content (AvgIpc) is 3.65. The first-order valence-electron chi connectivity index (χ1n) is 11.1. The number of furan rings is 1. The Morgan fingerprint density at radius 2 is 2.14 bits per heavy atom. The smallest absolute Gasteiger partial charge is 0.330 e. The minimum atomic E-state index is -0.487. The maximum atomic E-state index is 13.1. The number of nitrogens with two attached hydrogens (primary N) is 1. The van der Waals surface area contributed by atoms with E-state index in [0.29, 0.717) is 60.0 Å². The van der Waals surface area contributed by atoms with Gasteiger partial charge in [-0.25, -0.2) is 9.78 Å². The number of likely N-dealkylation sites (tertiary alicyclic amines) is 1. The normalized spacial score (nSPS) is 16.2. The monoisotopic (exact) mass is 478 g/mol. The predicted octanol–water partition coefficient (Wildman–Crippen LogP) is -0.277. The van der Waals surface area contributed by atoms with Crippen LogP contribution in [0.5, 0.6) is 0 Å². The number of nitrogens with zero attached hydrogens (tertiary/aromatic N) is 9. The third kappa shape index (κ3) is 3.37. The molecule has 0 saturated carbocycles. The standard InChI is InChI=1S/C21H22N10O4/c1-27-15-17(25-20(22)31-18(15)24-16(26-31)14-3-2-8-35-14)30(21(27)34)7-6-29-10-12(9-23-29)19(33)28-5-4-13(32)11-28/h2-3,8-10,13,32H,4-7,11H2,1H3,(H2,22,25)/t13-/m1/s1. The molecule has 1 saturated heterocycles. The van der Waals surface area contributed by atoms with Crippen molar-refractivity contribution < 1.29 is 14.3 Å². The van der Waals surface area contributed by atoms with E-state index in [-0.39, 0.29) is 24.1 Å². The molecule has 6 rings (SSSR count). The van der Waals surface area contributed by atoms with E-state index >= 15 is 0 Å². The van der Waals surface area contributed by atoms with E-state index < -0.39 is 6.10 Å². The molecule has 1 atom stereocenters. The number of aryl methyl sites for hydroxylation is 3. The van der Waals surface area contributed by atoms with Crippen LogP contribution in [0.2, 0.25) is 0 Å². The lowest BCUT2D eigenvalue weighted by Gasteiger charge is -2.13. The second-order valence-electron chi connectivity index (χ2n) is 8.47. The van der Waals surface area contributed by atoms with Crippen molar-refractivity contribution in [2.45, 2.75) is 25.6 Å². The lowest BCUT2D eigenvalue weighted by atomic mass is 10.3. The summed E-state index contributed by atoms with van der Waals surface area (Å²) in [5, 5.41) is 18.3. The summed E-state index contributed by atoms with van der Waals surface area (Å²) in [5.41, 5.74) is 7.53. The summed E-state index contributed by atoms with van der Waals surface area (Å²) in [6, 6.07) is 3.46. The molecule has 0 spiro atoms. The molecular formula is C21H22N10O4. The van der Waals surface area contributed by atoms with Gasteiger partial charge in [0.1, 0.15) is 5.52 Å². The highest BCUT2D eigenvalue weighted by atomic mass is 16.3. The van der Waals surface area contributed by atoms with Crippen LogP contribution in [-0.2, 0) is 20.1 Å². The maximum absolute atomic E-state index is 13.1. The molecule has 0 aliphatic carbocycles. The van der Waals surface area contributed by atoms with E-state index in [9.17, 15) is 14.7 Å². The number of fused-ring (bicyclic) bond motifs is 3. The Bertz CT molecular complexity index is 1620. The van der Waals surface area contributed by atoms with Crippen LogP contribution < -0.4 is 11.4 Å². The number of imidazole rings is 1. The number of hydrogen-bond donors (Lipinski definition) is 2. The van der Waals surface area contributed by atoms with Gasteiger partial charge in [-0.05, 0) is 18.6 Å². The van der Waals surface area contributed by atoms with E-state index in [0.717, 1.165) is 0 Å². The van der Waals surface area contributed by atoms with E-state index in [1.807, 2.05) is 0 Å². The first-order chi connectivity index (χ1) is 16.9. The molecule has 1 aliphatic rings. The van der Waals surface area contributed by atoms with Gasteiger partial charge in [0.05, 0.1) is 30.7 Å². The minimum absolute atomic E-state index is 0.0805. The Hall–Kier alpha value is -4.46. The molecule has 5 aromatic rings. The Morgan fingerprint density at radius 1 is 1.29 bits per heavy atom. The number of aliphatic hydroxyl groups is 1. The molecule has 180 valence electrons. The molecule has 6 heterocycles. The Morgan fingerprint density at radius 3 is 2.89 bits per heavy atom. The Balaban J connectivity index is 1.31. The number of anilines is 1. The summed E-state index contributed by atoms with van der Waals surface area (Å²) in [7, 11) is 1.63. The molecule has 0 aromatic carbocycles. The van der Waals surface area contributed by atoms with Crippen molar-refractivity contribution in [3.8, 4) is 11.6 Å². The van der Waals surface area contributed by atoms with Crippen molar-refractivity contribution >= 4 is 28.7 Å². The van der Waals surface area contributed by atoms with Crippen LogP contribution >= 0.6 is 0 Å². The van der Waals surface area contributed by atoms with Gasteiger partial charge in [0.15, 0.2) is 17.1 Å². The van der Waals surface area contributed by atoms with Crippen LogP contribution in [0.3, 0.4) is 0 Å². The van der Waals surface area contributed by atoms with Gasteiger partial charge in [-0.15, -0.1) is 5.10 Å². The van der Waals surface area contributed by atoms with Gasteiger partial charge in [0, 0.05) is 32.9 Å². The molecule has 1 aliphatic heterocycles. The molecular weight excluding hydrogens is 456 g/mol. The summed E-state index contributed by atoms with van der Waals surface area (Å²) in [6.45, 7) is 1.41. The number of nitrogen functional groups attached to an aromatic ring is 1. The molecule has 35 heavy (non-hydrogen) atoms. The molecule has 1 fully saturated rings. The molecule has 0 unspecified atom stereocenters. The molecule has 14 heteroatoms. The zero-order valence-corrected chi connectivity index (χ0v) is 18.8. The van der Waals surface area contributed by atoms with Crippen molar-refractivity contribution in [3.05, 3.63) is 46.8 Å². The van der Waals surface area contributed by atoms with Gasteiger partial charge in [0.25, 0.3) is 5.91 Å². The molecule has 0 radical (unpaired) electrons. The highest BCUT2D eigenvalue weighted by Crippen LogP contribution is 2.23. The number of aliphatic hydroxyl groups excluding tert-OH is 1. The minimum Gasteiger partial charge on any atom is -0.461 e. The second-order valence-corrected chi connectivity index (χ2v) is 8.47. The van der Waals surface area contributed by atoms with Crippen LogP contribution in [0.15, 0.2) is 40.0 Å². The van der Waals surface area contributed by atoms with E-state index in [1.54, 1.807) is 35.0 Å². The van der Waals surface area contributed by atoms with E-state index in [4.69, 9.17) is 10.2 Å². The van der Waals surface area contributed by atoms with Gasteiger partial charge in [-0.2, -0.15) is 14.6 Å². The molecule has 5 aromatic heterocycles. The summed E-state index contributed by atoms with van der Waals surface area (Å²) >= 11 is 0. The van der Waals surface area contributed by atoms with Crippen LogP contribution in [0, 0.1) is 0 Å². The fourth-order valence-corrected chi connectivity index (χ4v) is 4.41. The fourth-order valence-electron chi connectivity index (χ4n) is 4.41. The lowest BCUT2D eigenvalue weighted by molar-refractivity contribution is 0.0765. The summed E-state index contributed by atoms with van der Waals surface area (Å²) in [6.07, 6.45) is 4.73. The fraction of sp³-hybridized carbons (Fsp3) is 0.333. The first-order valence-corrected chi connectivity index (χ1v) is 11.1. The number of hydrogen-bond acceptors (Lipinski definition) is 9. The van der Waals surface area contributed by atoms with Crippen LogP contribution in [0.4, 0.5) is 5.95 Å². The zero-order valence-electron chi connectivity index (χ0n) is 18.8. The van der Waals surface area contributed by atoms with Crippen molar-refractivity contribution in [3.63, 3.8) is 0 Å². The maximum Gasteiger partial charge on any atom is 0.330 e. The average molecular weight is 478 g/mol. The number of carbonyl (C=O) groups excluding carboxylic acids is 1. The lowest BCUT2D eigenvalue weighted by Crippen LogP contribution is -2.29. The van der Waals surface area contributed by atoms with Crippen LogP contribution in [0.1, 0.15) is 16.8 Å². The highest BCUT2D eigenvalue weighted by molar-refractivity contribution is 5.94. The van der Waals surface area contributed by atoms with E-state index in [2.05, 4.69) is 20.2 Å². The summed E-state index contributed by atoms with van der Waals surface area (Å²) in [5.74, 6) is 0.705. The van der Waals surface area contributed by atoms with Gasteiger partial charge in [-0.3, -0.25) is 18.6 Å². The number of rotatable bonds is 5. The first kappa shape index (κ1) is 21.1. The van der Waals surface area contributed by atoms with Gasteiger partial charge in [0.2, 0.25) is 11.8 Å². The number of β-amino-alcohol motifs (C(OH)–C–C–N with tert-alkyl or cyclic N) is 1. The van der Waals surface area contributed by atoms with E-state index in [1.165, 1.54) is 26.1 Å². The molecule has 1 amide bonds. The second kappa shape index (κ2) is 7.80. The quantitative estimate of drug-likeness (QED) is 0.345. The molecule has 14 nitrogen and oxygen atoms in total. The van der Waals surface area contributed by atoms with Gasteiger partial charge < -0.3 is 20.2 Å². The van der Waals surface area contributed by atoms with Crippen molar-refractivity contribution in [1.29, 1.82) is 0 Å². The number of aromatic nitrogens is 8. The Labute approximate surface area is 196 Å². The van der Waals surface area contributed by atoms with Gasteiger partial charge in [-0.1, -0.05) is 0 Å². The summed E-state index contributed by atoms with van der Waals surface area (Å²) < 4.78 is 11.3. The highest BCUT2D eigenvalue weighted by Gasteiger charge is 2.26. The predicted molar refractivity (Wildman–Crippen MR) is 122 cm³/mol. The number of amides is 1. The molecule has 0 bridgehead atoms. The van der Waals surface area contributed by atoms with Crippen molar-refractivity contribution in [1.82, 2.24) is 43.4 Å². The third-order valence-electron chi connectivity index (χ3n) is 6.20. The summed E-state index contributed by atoms with van der Waals surface area (Å²) in [4.78, 5) is 36.2. The van der Waals surface area contributed by atoms with Crippen molar-refractivity contribution in [2.75, 3.05) is 18.8 Å². The SMILES string of the molecule is Cn1c(=O)n(CCn2cc(C(=O)N3CC[C@@H](O)C3)cn2)c2nc(N)n3nc(-c4ccco4)nc3c21. The van der Waals surface area contributed by atoms with Crippen LogP contribution in [-0.4, -0.2) is 73.6 Å². The van der Waals surface area contributed by atoms with Crippen molar-refractivity contribution in [2.24, 2.45) is 7.05 Å².